The molecule has 0 bridgehead atoms. The highest BCUT2D eigenvalue weighted by Gasteiger charge is 2.27. The van der Waals surface area contributed by atoms with E-state index in [-0.39, 0.29) is 6.04 Å². The molecule has 5 nitrogen and oxygen atoms in total. The Labute approximate surface area is 216 Å². The van der Waals surface area contributed by atoms with Crippen molar-refractivity contribution in [2.45, 2.75) is 13.0 Å². The van der Waals surface area contributed by atoms with E-state index < -0.39 is 0 Å². The maximum Gasteiger partial charge on any atom is 0.165 e. The second-order valence-corrected chi connectivity index (χ2v) is 9.74. The summed E-state index contributed by atoms with van der Waals surface area (Å²) in [7, 11) is 0. The van der Waals surface area contributed by atoms with E-state index in [1.165, 1.54) is 11.1 Å². The van der Waals surface area contributed by atoms with Gasteiger partial charge in [0, 0.05) is 48.5 Å². The lowest BCUT2D eigenvalue weighted by atomic mass is 9.96. The Balaban J connectivity index is 1.29. The van der Waals surface area contributed by atoms with Gasteiger partial charge in [0.25, 0.3) is 0 Å². The molecule has 6 rings (SSSR count). The molecule has 180 valence electrons. The van der Waals surface area contributed by atoms with Crippen LogP contribution in [0.3, 0.4) is 0 Å². The molecule has 6 heteroatoms. The molecule has 1 aliphatic rings. The quantitative estimate of drug-likeness (QED) is 0.289. The molecule has 5 aromatic rings. The van der Waals surface area contributed by atoms with Crippen molar-refractivity contribution in [1.82, 2.24) is 19.5 Å². The van der Waals surface area contributed by atoms with Crippen LogP contribution in [-0.4, -0.2) is 45.7 Å². The van der Waals surface area contributed by atoms with Crippen molar-refractivity contribution in [3.63, 3.8) is 0 Å². The summed E-state index contributed by atoms with van der Waals surface area (Å²) in [6, 6.07) is 31.9. The van der Waals surface area contributed by atoms with Crippen molar-refractivity contribution >= 4 is 23.1 Å². The van der Waals surface area contributed by atoms with Gasteiger partial charge in [0.2, 0.25) is 0 Å². The zero-order valence-electron chi connectivity index (χ0n) is 20.3. The molecule has 1 saturated heterocycles. The first-order valence-electron chi connectivity index (χ1n) is 12.4. The van der Waals surface area contributed by atoms with Gasteiger partial charge in [0.1, 0.15) is 5.82 Å². The molecule has 36 heavy (non-hydrogen) atoms. The minimum atomic E-state index is 0.245. The molecule has 3 heterocycles. The molecule has 0 saturated carbocycles. The molecular formula is C30H28ClN5. The third kappa shape index (κ3) is 4.36. The number of fused-ring (bicyclic) bond motifs is 1. The Morgan fingerprint density at radius 1 is 0.778 bits per heavy atom. The Morgan fingerprint density at radius 3 is 2.00 bits per heavy atom. The van der Waals surface area contributed by atoms with Gasteiger partial charge in [-0.1, -0.05) is 84.4 Å². The number of hydrogen-bond donors (Lipinski definition) is 0. The van der Waals surface area contributed by atoms with Crippen LogP contribution in [0.4, 0.5) is 5.82 Å². The molecule has 0 amide bonds. The fraction of sp³-hybridized carbons (Fsp3) is 0.200. The van der Waals surface area contributed by atoms with Crippen molar-refractivity contribution in [1.29, 1.82) is 0 Å². The lowest BCUT2D eigenvalue weighted by molar-refractivity contribution is 0.211. The van der Waals surface area contributed by atoms with Crippen molar-refractivity contribution < 1.29 is 0 Å². The number of piperazine rings is 1. The summed E-state index contributed by atoms with van der Waals surface area (Å²) in [6.45, 7) is 5.82. The van der Waals surface area contributed by atoms with Gasteiger partial charge in [0.05, 0.1) is 12.2 Å². The van der Waals surface area contributed by atoms with E-state index in [4.69, 9.17) is 21.7 Å². The van der Waals surface area contributed by atoms with Crippen molar-refractivity contribution in [3.8, 4) is 11.1 Å². The monoisotopic (exact) mass is 493 g/mol. The van der Waals surface area contributed by atoms with Crippen LogP contribution in [0.5, 0.6) is 0 Å². The summed E-state index contributed by atoms with van der Waals surface area (Å²) in [4.78, 5) is 9.87. The predicted octanol–water partition coefficient (Wildman–Crippen LogP) is 6.27. The van der Waals surface area contributed by atoms with E-state index in [2.05, 4.69) is 83.5 Å². The van der Waals surface area contributed by atoms with E-state index in [9.17, 15) is 0 Å². The van der Waals surface area contributed by atoms with E-state index in [0.717, 1.165) is 59.5 Å². The third-order valence-corrected chi connectivity index (χ3v) is 7.22. The Morgan fingerprint density at radius 2 is 1.39 bits per heavy atom. The van der Waals surface area contributed by atoms with Gasteiger partial charge in [-0.05, 0) is 35.7 Å². The van der Waals surface area contributed by atoms with E-state index in [1.54, 1.807) is 0 Å². The lowest BCUT2D eigenvalue weighted by Crippen LogP contribution is -2.48. The number of nitrogens with zero attached hydrogens (tertiary/aromatic N) is 5. The molecule has 0 spiro atoms. The molecular weight excluding hydrogens is 466 g/mol. The number of anilines is 1. The minimum Gasteiger partial charge on any atom is -0.354 e. The topological polar surface area (TPSA) is 36.7 Å². The number of halogens is 1. The van der Waals surface area contributed by atoms with Gasteiger partial charge in [-0.25, -0.2) is 4.98 Å². The summed E-state index contributed by atoms with van der Waals surface area (Å²) in [5.41, 5.74) is 6.61. The fourth-order valence-corrected chi connectivity index (χ4v) is 5.34. The highest BCUT2D eigenvalue weighted by atomic mass is 35.5. The number of aryl methyl sites for hydroxylation is 1. The first-order chi connectivity index (χ1) is 17.7. The molecule has 2 aromatic heterocycles. The molecule has 0 radical (unpaired) electrons. The molecule has 0 aliphatic carbocycles. The molecule has 1 fully saturated rings. The summed E-state index contributed by atoms with van der Waals surface area (Å²) < 4.78 is 1.98. The summed E-state index contributed by atoms with van der Waals surface area (Å²) in [5, 5.41) is 5.47. The smallest absolute Gasteiger partial charge is 0.165 e. The third-order valence-electron chi connectivity index (χ3n) is 6.97. The summed E-state index contributed by atoms with van der Waals surface area (Å²) >= 11 is 6.11. The zero-order valence-corrected chi connectivity index (χ0v) is 21.0. The maximum absolute atomic E-state index is 6.11. The van der Waals surface area contributed by atoms with Crippen LogP contribution in [-0.2, 0) is 0 Å². The molecule has 3 aromatic carbocycles. The average Bonchev–Trinajstić information content (AvgIpc) is 3.34. The van der Waals surface area contributed by atoms with Gasteiger partial charge in [0.15, 0.2) is 5.65 Å². The fourth-order valence-electron chi connectivity index (χ4n) is 5.22. The zero-order chi connectivity index (χ0) is 24.5. The number of rotatable bonds is 5. The van der Waals surface area contributed by atoms with Gasteiger partial charge in [-0.3, -0.25) is 4.90 Å². The van der Waals surface area contributed by atoms with E-state index >= 15 is 0 Å². The van der Waals surface area contributed by atoms with E-state index in [0.29, 0.717) is 0 Å². The Bertz CT molecular complexity index is 1420. The summed E-state index contributed by atoms with van der Waals surface area (Å²) in [5.74, 6) is 1.09. The van der Waals surface area contributed by atoms with Crippen LogP contribution in [0.2, 0.25) is 5.02 Å². The van der Waals surface area contributed by atoms with Crippen LogP contribution >= 0.6 is 11.6 Å². The molecule has 1 aliphatic heterocycles. The van der Waals surface area contributed by atoms with Gasteiger partial charge in [-0.2, -0.15) is 9.61 Å². The largest absolute Gasteiger partial charge is 0.354 e. The number of benzene rings is 3. The van der Waals surface area contributed by atoms with Gasteiger partial charge in [-0.15, -0.1) is 0 Å². The highest BCUT2D eigenvalue weighted by molar-refractivity contribution is 6.30. The predicted molar refractivity (Wildman–Crippen MR) is 147 cm³/mol. The average molecular weight is 494 g/mol. The summed E-state index contributed by atoms with van der Waals surface area (Å²) in [6.07, 6.45) is 1.91. The van der Waals surface area contributed by atoms with E-state index in [1.807, 2.05) is 35.0 Å². The van der Waals surface area contributed by atoms with Crippen LogP contribution in [0, 0.1) is 6.92 Å². The molecule has 0 unspecified atom stereocenters. The highest BCUT2D eigenvalue weighted by Crippen LogP contribution is 2.32. The number of hydrogen-bond acceptors (Lipinski definition) is 4. The Hall–Kier alpha value is -3.67. The SMILES string of the molecule is Cc1cc(N2CCN(C(c3ccccc3)c3ccccc3)CC2)n2ncc(-c3ccc(Cl)cc3)c2n1. The maximum atomic E-state index is 6.11. The second-order valence-electron chi connectivity index (χ2n) is 9.30. The van der Waals surface area contributed by atoms with Crippen molar-refractivity contribution in [2.24, 2.45) is 0 Å². The minimum absolute atomic E-state index is 0.245. The standard InChI is InChI=1S/C30H28ClN5/c1-22-20-28(36-30(33-22)27(21-32-36)23-12-14-26(31)15-13-23)34-16-18-35(19-17-34)29(24-8-4-2-5-9-24)25-10-6-3-7-11-25/h2-15,20-21,29H,16-19H2,1H3. The Kier molecular flexibility index (Phi) is 6.18. The second kappa shape index (κ2) is 9.76. The normalized spacial score (nSPS) is 14.6. The number of aromatic nitrogens is 3. The van der Waals surface area contributed by atoms with Crippen LogP contribution in [0.1, 0.15) is 22.9 Å². The van der Waals surface area contributed by atoms with Gasteiger partial charge < -0.3 is 4.90 Å². The van der Waals surface area contributed by atoms with Crippen LogP contribution < -0.4 is 4.90 Å². The first-order valence-corrected chi connectivity index (χ1v) is 12.8. The van der Waals surface area contributed by atoms with Crippen LogP contribution in [0.15, 0.2) is 97.2 Å². The van der Waals surface area contributed by atoms with Crippen molar-refractivity contribution in [3.05, 3.63) is 119 Å². The van der Waals surface area contributed by atoms with Gasteiger partial charge >= 0.3 is 0 Å². The molecule has 0 atom stereocenters. The first kappa shape index (κ1) is 22.8. The molecule has 0 N–H and O–H groups in total. The van der Waals surface area contributed by atoms with Crippen LogP contribution in [0.25, 0.3) is 16.8 Å². The van der Waals surface area contributed by atoms with Crippen molar-refractivity contribution in [2.75, 3.05) is 31.1 Å². The lowest BCUT2D eigenvalue weighted by Gasteiger charge is -2.40.